The van der Waals surface area contributed by atoms with E-state index in [9.17, 15) is 4.79 Å². The molecule has 4 aromatic rings. The van der Waals surface area contributed by atoms with E-state index < -0.39 is 0 Å². The minimum atomic E-state index is -0.180. The number of nitrogens with one attached hydrogen (secondary N) is 3. The summed E-state index contributed by atoms with van der Waals surface area (Å²) in [5.41, 5.74) is 3.50. The summed E-state index contributed by atoms with van der Waals surface area (Å²) < 4.78 is 0. The van der Waals surface area contributed by atoms with Crippen molar-refractivity contribution in [1.29, 1.82) is 0 Å². The van der Waals surface area contributed by atoms with E-state index in [0.29, 0.717) is 22.8 Å². The van der Waals surface area contributed by atoms with Crippen LogP contribution in [0.2, 0.25) is 0 Å². The Bertz CT molecular complexity index is 1450. The van der Waals surface area contributed by atoms with Crippen LogP contribution in [0.5, 0.6) is 0 Å². The van der Waals surface area contributed by atoms with Gasteiger partial charge in [-0.2, -0.15) is 0 Å². The summed E-state index contributed by atoms with van der Waals surface area (Å²) in [5, 5.41) is 7.64. The molecule has 9 nitrogen and oxygen atoms in total. The van der Waals surface area contributed by atoms with Crippen molar-refractivity contribution < 1.29 is 0 Å². The zero-order valence-corrected chi connectivity index (χ0v) is 22.5. The van der Waals surface area contributed by atoms with Crippen molar-refractivity contribution in [2.24, 2.45) is 0 Å². The standard InChI is InChI=1S/C30H36N8O/c1-31-30-33-19-23(20-34-30)26-18-22-8-12-32-29(39)27(22)28(36-26)35-24-6-4-21(5-7-24)9-15-37-16-10-25(11-17-37)38-13-2-3-14-38/h4-8,12,18-20,25H,2-3,9-11,13-17H2,1H3,(H,32,39)(H,35,36)(H,31,33,34). The molecule has 0 bridgehead atoms. The first-order valence-electron chi connectivity index (χ1n) is 14.0. The van der Waals surface area contributed by atoms with E-state index in [2.05, 4.69) is 59.7 Å². The molecule has 2 aliphatic rings. The quantitative estimate of drug-likeness (QED) is 0.314. The molecule has 2 saturated heterocycles. The Morgan fingerprint density at radius 2 is 1.74 bits per heavy atom. The summed E-state index contributed by atoms with van der Waals surface area (Å²) in [7, 11) is 1.78. The van der Waals surface area contributed by atoms with Gasteiger partial charge in [-0.3, -0.25) is 4.79 Å². The number of likely N-dealkylation sites (tertiary alicyclic amines) is 2. The first-order chi connectivity index (χ1) is 19.2. The maximum atomic E-state index is 12.7. The van der Waals surface area contributed by atoms with Gasteiger partial charge in [0.25, 0.3) is 5.56 Å². The number of aromatic amines is 1. The van der Waals surface area contributed by atoms with E-state index in [1.165, 1.54) is 57.4 Å². The Labute approximate surface area is 228 Å². The molecule has 0 spiro atoms. The third kappa shape index (κ3) is 5.79. The van der Waals surface area contributed by atoms with Gasteiger partial charge in [0.15, 0.2) is 0 Å². The molecule has 0 atom stereocenters. The average Bonchev–Trinajstić information content (AvgIpc) is 3.52. The summed E-state index contributed by atoms with van der Waals surface area (Å²) in [4.78, 5) is 34.2. The van der Waals surface area contributed by atoms with Gasteiger partial charge in [-0.1, -0.05) is 12.1 Å². The van der Waals surface area contributed by atoms with Crippen molar-refractivity contribution in [1.82, 2.24) is 29.7 Å². The van der Waals surface area contributed by atoms with Gasteiger partial charge in [0.1, 0.15) is 5.82 Å². The fourth-order valence-electron chi connectivity index (χ4n) is 5.84. The first kappa shape index (κ1) is 25.5. The van der Waals surface area contributed by atoms with Crippen molar-refractivity contribution >= 4 is 28.2 Å². The number of fused-ring (bicyclic) bond motifs is 1. The van der Waals surface area contributed by atoms with Crippen LogP contribution in [0, 0.1) is 0 Å². The highest BCUT2D eigenvalue weighted by Crippen LogP contribution is 2.28. The summed E-state index contributed by atoms with van der Waals surface area (Å²) in [6.45, 7) is 6.10. The lowest BCUT2D eigenvalue weighted by Crippen LogP contribution is -2.44. The third-order valence-corrected chi connectivity index (χ3v) is 8.07. The van der Waals surface area contributed by atoms with Crippen molar-refractivity contribution in [3.63, 3.8) is 0 Å². The highest BCUT2D eigenvalue weighted by atomic mass is 16.1. The van der Waals surface area contributed by atoms with Gasteiger partial charge in [0, 0.05) is 49.5 Å². The van der Waals surface area contributed by atoms with Crippen LogP contribution < -0.4 is 16.2 Å². The Morgan fingerprint density at radius 1 is 1.00 bits per heavy atom. The first-order valence-corrected chi connectivity index (χ1v) is 14.0. The second-order valence-corrected chi connectivity index (χ2v) is 10.6. The fourth-order valence-corrected chi connectivity index (χ4v) is 5.84. The SMILES string of the molecule is CNc1ncc(-c2cc3cc[nH]c(=O)c3c(Nc3ccc(CCN4CCC(N5CCCC5)CC4)cc3)n2)cn1. The molecule has 0 saturated carbocycles. The van der Waals surface area contributed by atoms with E-state index in [4.69, 9.17) is 4.98 Å². The Kier molecular flexibility index (Phi) is 7.51. The molecular formula is C30H36N8O. The van der Waals surface area contributed by atoms with Gasteiger partial charge >= 0.3 is 0 Å². The van der Waals surface area contributed by atoms with Crippen LogP contribution in [0.1, 0.15) is 31.2 Å². The predicted molar refractivity (Wildman–Crippen MR) is 157 cm³/mol. The summed E-state index contributed by atoms with van der Waals surface area (Å²) in [5.74, 6) is 1.05. The molecule has 6 rings (SSSR count). The molecule has 39 heavy (non-hydrogen) atoms. The number of hydrogen-bond acceptors (Lipinski definition) is 8. The van der Waals surface area contributed by atoms with Gasteiger partial charge < -0.3 is 25.4 Å². The molecule has 202 valence electrons. The number of benzene rings is 1. The number of aromatic nitrogens is 4. The van der Waals surface area contributed by atoms with Crippen molar-refractivity contribution in [3.8, 4) is 11.3 Å². The Hall–Kier alpha value is -3.82. The Balaban J connectivity index is 1.13. The molecular weight excluding hydrogens is 488 g/mol. The summed E-state index contributed by atoms with van der Waals surface area (Å²) in [6.07, 6.45) is 11.5. The summed E-state index contributed by atoms with van der Waals surface area (Å²) in [6, 6.07) is 13.0. The minimum absolute atomic E-state index is 0.180. The normalized spacial score (nSPS) is 17.1. The van der Waals surface area contributed by atoms with E-state index in [1.807, 2.05) is 12.1 Å². The molecule has 3 aromatic heterocycles. The largest absolute Gasteiger partial charge is 0.357 e. The number of pyridine rings is 2. The van der Waals surface area contributed by atoms with Gasteiger partial charge in [0.05, 0.1) is 11.1 Å². The number of rotatable bonds is 8. The maximum absolute atomic E-state index is 12.7. The number of piperidine rings is 1. The molecule has 0 unspecified atom stereocenters. The van der Waals surface area contributed by atoms with Crippen molar-refractivity contribution in [2.75, 3.05) is 50.4 Å². The van der Waals surface area contributed by atoms with E-state index in [0.717, 1.165) is 35.6 Å². The maximum Gasteiger partial charge on any atom is 0.259 e. The fraction of sp³-hybridized carbons (Fsp3) is 0.400. The van der Waals surface area contributed by atoms with Gasteiger partial charge in [-0.15, -0.1) is 0 Å². The number of H-pyrrole nitrogens is 1. The van der Waals surface area contributed by atoms with Crippen LogP contribution in [0.15, 0.2) is 59.8 Å². The van der Waals surface area contributed by atoms with E-state index >= 15 is 0 Å². The third-order valence-electron chi connectivity index (χ3n) is 8.07. The molecule has 0 radical (unpaired) electrons. The molecule has 0 amide bonds. The molecule has 2 fully saturated rings. The van der Waals surface area contributed by atoms with Crippen LogP contribution in [0.4, 0.5) is 17.5 Å². The number of hydrogen-bond donors (Lipinski definition) is 3. The number of nitrogens with zero attached hydrogens (tertiary/aromatic N) is 5. The smallest absolute Gasteiger partial charge is 0.259 e. The Morgan fingerprint density at radius 3 is 2.46 bits per heavy atom. The van der Waals surface area contributed by atoms with Gasteiger partial charge in [-0.05, 0) is 93.5 Å². The minimum Gasteiger partial charge on any atom is -0.357 e. The molecule has 1 aromatic carbocycles. The highest BCUT2D eigenvalue weighted by molar-refractivity contribution is 5.95. The second kappa shape index (κ2) is 11.5. The van der Waals surface area contributed by atoms with Crippen LogP contribution in [-0.4, -0.2) is 75.5 Å². The lowest BCUT2D eigenvalue weighted by molar-refractivity contribution is 0.128. The van der Waals surface area contributed by atoms with E-state index in [-0.39, 0.29) is 5.56 Å². The van der Waals surface area contributed by atoms with Gasteiger partial charge in [-0.25, -0.2) is 15.0 Å². The number of anilines is 3. The predicted octanol–water partition coefficient (Wildman–Crippen LogP) is 4.27. The van der Waals surface area contributed by atoms with Gasteiger partial charge in [0.2, 0.25) is 5.95 Å². The van der Waals surface area contributed by atoms with Crippen LogP contribution in [0.3, 0.4) is 0 Å². The molecule has 2 aliphatic heterocycles. The lowest BCUT2D eigenvalue weighted by Gasteiger charge is -2.36. The van der Waals surface area contributed by atoms with E-state index in [1.54, 1.807) is 25.6 Å². The molecule has 5 heterocycles. The van der Waals surface area contributed by atoms with Crippen molar-refractivity contribution in [2.45, 2.75) is 38.1 Å². The van der Waals surface area contributed by atoms with Crippen molar-refractivity contribution in [3.05, 3.63) is 70.9 Å². The topological polar surface area (TPSA) is 102 Å². The van der Waals surface area contributed by atoms with Crippen LogP contribution >= 0.6 is 0 Å². The monoisotopic (exact) mass is 524 g/mol. The highest BCUT2D eigenvalue weighted by Gasteiger charge is 2.26. The van der Waals surface area contributed by atoms with Crippen LogP contribution in [0.25, 0.3) is 22.0 Å². The molecule has 3 N–H and O–H groups in total. The second-order valence-electron chi connectivity index (χ2n) is 10.6. The summed E-state index contributed by atoms with van der Waals surface area (Å²) >= 11 is 0. The average molecular weight is 525 g/mol. The van der Waals surface area contributed by atoms with Crippen LogP contribution in [-0.2, 0) is 6.42 Å². The molecule has 9 heteroatoms. The lowest BCUT2D eigenvalue weighted by atomic mass is 10.0. The zero-order chi connectivity index (χ0) is 26.6. The zero-order valence-electron chi connectivity index (χ0n) is 22.5. The molecule has 0 aliphatic carbocycles.